The minimum Gasteiger partial charge on any atom is -0.482 e. The lowest BCUT2D eigenvalue weighted by Gasteiger charge is -2.16. The Morgan fingerprint density at radius 2 is 1.62 bits per heavy atom. The number of carbonyl (C=O) groups excluding carboxylic acids is 1. The second-order valence-electron chi connectivity index (χ2n) is 7.16. The summed E-state index contributed by atoms with van der Waals surface area (Å²) in [5.41, 5.74) is 0.787. The van der Waals surface area contributed by atoms with E-state index in [9.17, 15) is 23.3 Å². The van der Waals surface area contributed by atoms with Crippen molar-refractivity contribution in [2.45, 2.75) is 31.0 Å². The molecule has 3 rings (SSSR count). The van der Waals surface area contributed by atoms with Gasteiger partial charge in [-0.2, -0.15) is 8.42 Å². The van der Waals surface area contributed by atoms with E-state index in [4.69, 9.17) is 13.7 Å². The molecule has 0 N–H and O–H groups in total. The fraction of sp³-hybridized carbons (Fsp3) is 0.208. The number of esters is 1. The number of para-hydroxylation sites is 1. The first-order chi connectivity index (χ1) is 16.3. The largest absolute Gasteiger partial charge is 0.482 e. The predicted octanol–water partition coefficient (Wildman–Crippen LogP) is 4.57. The zero-order valence-electron chi connectivity index (χ0n) is 18.3. The van der Waals surface area contributed by atoms with Crippen LogP contribution in [0, 0.1) is 10.1 Å². The minimum absolute atomic E-state index is 0.135. The third-order valence-electron chi connectivity index (χ3n) is 4.84. The van der Waals surface area contributed by atoms with Crippen LogP contribution in [0.15, 0.2) is 83.8 Å². The lowest BCUT2D eigenvalue weighted by Crippen LogP contribution is -2.18. The maximum Gasteiger partial charge on any atom is 0.344 e. The molecular formula is C24H23NO8S. The van der Waals surface area contributed by atoms with E-state index in [0.717, 1.165) is 5.56 Å². The Labute approximate surface area is 197 Å². The van der Waals surface area contributed by atoms with Gasteiger partial charge in [-0.05, 0) is 42.3 Å². The van der Waals surface area contributed by atoms with Crippen LogP contribution in [-0.4, -0.2) is 25.9 Å². The molecule has 0 heterocycles. The number of nitrogens with zero attached hydrogens (tertiary/aromatic N) is 1. The lowest BCUT2D eigenvalue weighted by atomic mass is 10.1. The maximum atomic E-state index is 12.4. The molecule has 0 aliphatic rings. The van der Waals surface area contributed by atoms with E-state index in [-0.39, 0.29) is 34.6 Å². The average molecular weight is 486 g/mol. The molecule has 0 radical (unpaired) electrons. The van der Waals surface area contributed by atoms with Gasteiger partial charge in [0.15, 0.2) is 6.61 Å². The summed E-state index contributed by atoms with van der Waals surface area (Å²) in [7, 11) is -4.17. The van der Waals surface area contributed by atoms with Crippen molar-refractivity contribution in [3.8, 4) is 5.75 Å². The third-order valence-corrected chi connectivity index (χ3v) is 6.12. The molecule has 178 valence electrons. The first-order valence-corrected chi connectivity index (χ1v) is 11.8. The molecule has 0 aromatic heterocycles. The fourth-order valence-corrected chi connectivity index (χ4v) is 4.00. The van der Waals surface area contributed by atoms with Crippen LogP contribution in [0.1, 0.15) is 30.6 Å². The average Bonchev–Trinajstić information content (AvgIpc) is 2.85. The summed E-state index contributed by atoms with van der Waals surface area (Å²) in [4.78, 5) is 22.5. The van der Waals surface area contributed by atoms with Crippen molar-refractivity contribution in [1.82, 2.24) is 0 Å². The Balaban J connectivity index is 1.56. The molecule has 1 unspecified atom stereocenters. The number of ether oxygens (including phenoxy) is 2. The van der Waals surface area contributed by atoms with E-state index in [0.29, 0.717) is 6.42 Å². The molecule has 0 bridgehead atoms. The van der Waals surface area contributed by atoms with E-state index in [1.807, 2.05) is 37.3 Å². The van der Waals surface area contributed by atoms with Gasteiger partial charge in [-0.25, -0.2) is 4.79 Å². The molecule has 0 saturated heterocycles. The van der Waals surface area contributed by atoms with Crippen LogP contribution in [0.25, 0.3) is 0 Å². The van der Waals surface area contributed by atoms with Crippen LogP contribution in [0.5, 0.6) is 5.75 Å². The van der Waals surface area contributed by atoms with Gasteiger partial charge >= 0.3 is 5.97 Å². The van der Waals surface area contributed by atoms with E-state index in [1.54, 1.807) is 6.07 Å². The predicted molar refractivity (Wildman–Crippen MR) is 123 cm³/mol. The number of nitro benzene ring substituents is 1. The van der Waals surface area contributed by atoms with Crippen LogP contribution in [-0.2, 0) is 30.4 Å². The summed E-state index contributed by atoms with van der Waals surface area (Å²) in [5, 5.41) is 11.1. The highest BCUT2D eigenvalue weighted by atomic mass is 32.2. The Morgan fingerprint density at radius 1 is 0.971 bits per heavy atom. The van der Waals surface area contributed by atoms with E-state index >= 15 is 0 Å². The third kappa shape index (κ3) is 6.63. The van der Waals surface area contributed by atoms with Crippen LogP contribution < -0.4 is 4.74 Å². The van der Waals surface area contributed by atoms with Gasteiger partial charge in [-0.1, -0.05) is 49.4 Å². The van der Waals surface area contributed by atoms with Gasteiger partial charge in [-0.3, -0.25) is 14.3 Å². The van der Waals surface area contributed by atoms with Gasteiger partial charge in [-0.15, -0.1) is 0 Å². The Kier molecular flexibility index (Phi) is 8.34. The first kappa shape index (κ1) is 24.9. The van der Waals surface area contributed by atoms with Crippen molar-refractivity contribution in [2.24, 2.45) is 0 Å². The van der Waals surface area contributed by atoms with E-state index in [1.165, 1.54) is 42.5 Å². The summed E-state index contributed by atoms with van der Waals surface area (Å²) >= 11 is 0. The molecule has 0 aliphatic heterocycles. The monoisotopic (exact) mass is 485 g/mol. The Hall–Kier alpha value is -3.76. The Bertz CT molecular complexity index is 1230. The highest BCUT2D eigenvalue weighted by Crippen LogP contribution is 2.23. The van der Waals surface area contributed by atoms with Gasteiger partial charge in [0.05, 0.1) is 22.0 Å². The van der Waals surface area contributed by atoms with Crippen LogP contribution in [0.4, 0.5) is 5.69 Å². The molecule has 9 nitrogen and oxygen atoms in total. The second-order valence-corrected chi connectivity index (χ2v) is 8.78. The zero-order chi connectivity index (χ0) is 24.6. The Morgan fingerprint density at radius 3 is 2.26 bits per heavy atom. The first-order valence-electron chi connectivity index (χ1n) is 10.4. The smallest absolute Gasteiger partial charge is 0.344 e. The summed E-state index contributed by atoms with van der Waals surface area (Å²) in [6.45, 7) is 1.08. The second kappa shape index (κ2) is 11.4. The van der Waals surface area contributed by atoms with Gasteiger partial charge < -0.3 is 9.47 Å². The molecule has 34 heavy (non-hydrogen) atoms. The van der Waals surface area contributed by atoms with Gasteiger partial charge in [0.2, 0.25) is 0 Å². The van der Waals surface area contributed by atoms with Crippen molar-refractivity contribution in [2.75, 3.05) is 6.61 Å². The van der Waals surface area contributed by atoms with Crippen LogP contribution >= 0.6 is 0 Å². The molecule has 0 fully saturated rings. The van der Waals surface area contributed by atoms with Crippen LogP contribution in [0.2, 0.25) is 0 Å². The number of benzene rings is 3. The van der Waals surface area contributed by atoms with Gasteiger partial charge in [0, 0.05) is 6.07 Å². The van der Waals surface area contributed by atoms with Crippen LogP contribution in [0.3, 0.4) is 0 Å². The number of rotatable bonds is 11. The summed E-state index contributed by atoms with van der Waals surface area (Å²) < 4.78 is 40.7. The molecule has 0 saturated carbocycles. The minimum atomic E-state index is -4.17. The number of hydrogen-bond donors (Lipinski definition) is 0. The van der Waals surface area contributed by atoms with Gasteiger partial charge in [0.25, 0.3) is 15.8 Å². The molecule has 10 heteroatoms. The van der Waals surface area contributed by atoms with Crippen molar-refractivity contribution in [3.05, 3.63) is 100 Å². The lowest BCUT2D eigenvalue weighted by molar-refractivity contribution is -0.385. The molecule has 1 atom stereocenters. The summed E-state index contributed by atoms with van der Waals surface area (Å²) in [6, 6.07) is 20.4. The fourth-order valence-electron chi connectivity index (χ4n) is 3.11. The van der Waals surface area contributed by atoms with Crippen molar-refractivity contribution in [1.29, 1.82) is 0 Å². The molecule has 3 aromatic rings. The van der Waals surface area contributed by atoms with Crippen molar-refractivity contribution >= 4 is 21.8 Å². The normalized spacial score (nSPS) is 12.0. The molecule has 0 aliphatic carbocycles. The number of nitro groups is 1. The molecule has 0 amide bonds. The van der Waals surface area contributed by atoms with E-state index in [2.05, 4.69) is 0 Å². The molecule has 3 aromatic carbocycles. The van der Waals surface area contributed by atoms with Crippen molar-refractivity contribution in [3.63, 3.8) is 0 Å². The van der Waals surface area contributed by atoms with E-state index < -0.39 is 27.6 Å². The summed E-state index contributed by atoms with van der Waals surface area (Å²) in [5.74, 6) is -0.289. The number of hydrogen-bond acceptors (Lipinski definition) is 8. The quantitative estimate of drug-likeness (QED) is 0.167. The van der Waals surface area contributed by atoms with Crippen molar-refractivity contribution < 1.29 is 31.8 Å². The number of carbonyl (C=O) groups is 1. The standard InChI is InChI=1S/C24H23NO8S/c1-2-23(18-8-4-3-5-9-18)33-24(26)17-31-20-12-14-21(15-13-20)34(29,30)32-16-19-10-6-7-11-22(19)25(27)28/h3-15,23H,2,16-17H2,1H3. The maximum absolute atomic E-state index is 12.4. The highest BCUT2D eigenvalue weighted by molar-refractivity contribution is 7.86. The summed E-state index contributed by atoms with van der Waals surface area (Å²) in [6.07, 6.45) is 0.219. The SMILES string of the molecule is CCC(OC(=O)COc1ccc(S(=O)(=O)OCc2ccccc2[N+](=O)[O-])cc1)c1ccccc1. The molecular weight excluding hydrogens is 462 g/mol. The molecule has 0 spiro atoms. The zero-order valence-corrected chi connectivity index (χ0v) is 19.1. The van der Waals surface area contributed by atoms with Gasteiger partial charge in [0.1, 0.15) is 11.9 Å². The topological polar surface area (TPSA) is 122 Å². The highest BCUT2D eigenvalue weighted by Gasteiger charge is 2.20.